The molecule has 0 unspecified atom stereocenters. The quantitative estimate of drug-likeness (QED) is 0.711. The third-order valence-corrected chi connectivity index (χ3v) is 3.52. The first-order valence-electron chi connectivity index (χ1n) is 2.57. The van der Waals surface area contributed by atoms with E-state index >= 15 is 0 Å². The van der Waals surface area contributed by atoms with Crippen LogP contribution in [0.2, 0.25) is 0 Å². The summed E-state index contributed by atoms with van der Waals surface area (Å²) in [6, 6.07) is 0. The van der Waals surface area contributed by atoms with Gasteiger partial charge in [-0.1, -0.05) is 0 Å². The van der Waals surface area contributed by atoms with Crippen LogP contribution in [0.4, 0.5) is 26.3 Å². The third kappa shape index (κ3) is 4.29. The van der Waals surface area contributed by atoms with Crippen LogP contribution in [-0.4, -0.2) is 27.9 Å². The average molecular weight is 325 g/mol. The number of nitrogens with zero attached hydrogens (tertiary/aromatic N) is 1. The van der Waals surface area contributed by atoms with Gasteiger partial charge in [-0.25, -0.2) is 16.8 Å². The topological polar surface area (TPSA) is 82.4 Å². The van der Waals surface area contributed by atoms with Crippen molar-refractivity contribution in [2.24, 2.45) is 0 Å². The Morgan fingerprint density at radius 3 is 1.00 bits per heavy atom. The van der Waals surface area contributed by atoms with E-state index in [0.29, 0.717) is 0 Å². The number of rotatable bonds is 2. The molecule has 0 aliphatic rings. The maximum Gasteiger partial charge on any atom is 0.480 e. The van der Waals surface area contributed by atoms with Gasteiger partial charge in [-0.15, -0.1) is 0 Å². The molecular formula is C2F6NO4S2Sc-. The van der Waals surface area contributed by atoms with E-state index in [1.54, 1.807) is 0 Å². The number of hydrogen-bond acceptors (Lipinski definition) is 4. The molecule has 0 bridgehead atoms. The van der Waals surface area contributed by atoms with Gasteiger partial charge in [-0.3, -0.25) is 0 Å². The van der Waals surface area contributed by atoms with Crippen molar-refractivity contribution < 1.29 is 69.0 Å². The summed E-state index contributed by atoms with van der Waals surface area (Å²) >= 11 is 0. The molecule has 0 N–H and O–H groups in total. The first-order valence-corrected chi connectivity index (χ1v) is 5.45. The van der Waals surface area contributed by atoms with Crippen LogP contribution in [0.15, 0.2) is 0 Å². The van der Waals surface area contributed by atoms with Crippen molar-refractivity contribution in [1.82, 2.24) is 0 Å². The van der Waals surface area contributed by atoms with Crippen molar-refractivity contribution in [3.8, 4) is 0 Å². The molecule has 1 radical (unpaired) electrons. The molecule has 0 rings (SSSR count). The Bertz CT molecular complexity index is 390. The molecule has 14 heteroatoms. The fourth-order valence-corrected chi connectivity index (χ4v) is 1.92. The summed E-state index contributed by atoms with van der Waals surface area (Å²) in [5.41, 5.74) is -12.4. The largest absolute Gasteiger partial charge is 0.480 e. The average Bonchev–Trinajstić information content (AvgIpc) is 1.77. The van der Waals surface area contributed by atoms with Crippen molar-refractivity contribution in [2.75, 3.05) is 0 Å². The number of sulfonamides is 2. The van der Waals surface area contributed by atoms with E-state index in [9.17, 15) is 43.2 Å². The number of alkyl halides is 6. The van der Waals surface area contributed by atoms with E-state index in [1.165, 1.54) is 0 Å². The maximum absolute atomic E-state index is 11.4. The number of hydrogen-bond donors (Lipinski definition) is 0. The predicted molar refractivity (Wildman–Crippen MR) is 33.3 cm³/mol. The molecule has 5 nitrogen and oxygen atoms in total. The van der Waals surface area contributed by atoms with Crippen LogP contribution < -0.4 is 0 Å². The van der Waals surface area contributed by atoms with Crippen LogP contribution in [0, 0.1) is 0 Å². The van der Waals surface area contributed by atoms with E-state index in [1.807, 2.05) is 0 Å². The van der Waals surface area contributed by atoms with E-state index in [2.05, 4.69) is 0 Å². The molecule has 0 aliphatic heterocycles. The van der Waals surface area contributed by atoms with E-state index in [4.69, 9.17) is 0 Å². The van der Waals surface area contributed by atoms with Gasteiger partial charge in [0.2, 0.25) is 0 Å². The molecular weight excluding hydrogens is 325 g/mol. The zero-order valence-electron chi connectivity index (χ0n) is 6.74. The summed E-state index contributed by atoms with van der Waals surface area (Å²) in [7, 11) is -13.4. The molecule has 0 aromatic rings. The van der Waals surface area contributed by atoms with Crippen LogP contribution in [-0.2, 0) is 45.9 Å². The van der Waals surface area contributed by atoms with Crippen LogP contribution in [0.1, 0.15) is 0 Å². The SMILES string of the molecule is O=S(=O)([N-]S(=O)(=O)C(F)(F)F)C(F)(F)F.[Sc]. The van der Waals surface area contributed by atoms with Gasteiger partial charge in [-0.2, -0.15) is 26.3 Å². The van der Waals surface area contributed by atoms with Crippen molar-refractivity contribution >= 4 is 20.0 Å². The first kappa shape index (κ1) is 18.7. The Morgan fingerprint density at radius 2 is 0.875 bits per heavy atom. The minimum atomic E-state index is -6.72. The molecule has 0 saturated carbocycles. The normalized spacial score (nSPS) is 14.4. The predicted octanol–water partition coefficient (Wildman–Crippen LogP) is 1.06. The second-order valence-electron chi connectivity index (χ2n) is 1.92. The summed E-state index contributed by atoms with van der Waals surface area (Å²) in [5.74, 6) is 0. The molecule has 0 atom stereocenters. The summed E-state index contributed by atoms with van der Waals surface area (Å²) in [4.78, 5) is 0. The van der Waals surface area contributed by atoms with Crippen LogP contribution in [0.3, 0.4) is 0 Å². The van der Waals surface area contributed by atoms with Crippen molar-refractivity contribution in [3.63, 3.8) is 0 Å². The van der Waals surface area contributed by atoms with Gasteiger partial charge >= 0.3 is 11.0 Å². The third-order valence-electron chi connectivity index (χ3n) is 0.781. The van der Waals surface area contributed by atoms with Crippen molar-refractivity contribution in [2.45, 2.75) is 11.0 Å². The molecule has 0 spiro atoms. The molecule has 16 heavy (non-hydrogen) atoms. The van der Waals surface area contributed by atoms with Crippen molar-refractivity contribution in [3.05, 3.63) is 4.13 Å². The fraction of sp³-hybridized carbons (Fsp3) is 1.00. The van der Waals surface area contributed by atoms with E-state index in [0.717, 1.165) is 4.13 Å². The van der Waals surface area contributed by atoms with Crippen LogP contribution >= 0.6 is 0 Å². The standard InChI is InChI=1S/C2F6NO4S2.Sc/c3-1(4,5)14(10,11)9-15(12,13)2(6,7)8;/q-1;. The monoisotopic (exact) mass is 325 g/mol. The van der Waals surface area contributed by atoms with E-state index in [-0.39, 0.29) is 25.8 Å². The Labute approximate surface area is 104 Å². The van der Waals surface area contributed by atoms with Gasteiger partial charge < -0.3 is 4.13 Å². The minimum Gasteiger partial charge on any atom is -0.421 e. The Kier molecular flexibility index (Phi) is 5.71. The summed E-state index contributed by atoms with van der Waals surface area (Å²) < 4.78 is 109. The first-order chi connectivity index (χ1) is 6.21. The van der Waals surface area contributed by atoms with Gasteiger partial charge in [0.15, 0.2) is 20.0 Å². The molecule has 0 heterocycles. The number of halogens is 6. The molecule has 0 fully saturated rings. The minimum absolute atomic E-state index is 0. The van der Waals surface area contributed by atoms with Gasteiger partial charge in [0.05, 0.1) is 0 Å². The molecule has 0 aliphatic carbocycles. The fourth-order valence-electron chi connectivity index (χ4n) is 0.214. The molecule has 0 amide bonds. The smallest absolute Gasteiger partial charge is 0.421 e. The summed E-state index contributed by atoms with van der Waals surface area (Å²) in [6.07, 6.45) is 0. The Hall–Kier alpha value is 0.310. The van der Waals surface area contributed by atoms with E-state index < -0.39 is 31.1 Å². The Morgan fingerprint density at radius 1 is 0.688 bits per heavy atom. The van der Waals surface area contributed by atoms with Gasteiger partial charge in [-0.05, 0) is 0 Å². The van der Waals surface area contributed by atoms with Gasteiger partial charge in [0, 0.05) is 25.8 Å². The van der Waals surface area contributed by atoms with Gasteiger partial charge in [0.25, 0.3) is 0 Å². The zero-order chi connectivity index (χ0) is 12.7. The summed E-state index contributed by atoms with van der Waals surface area (Å²) in [6.45, 7) is 0. The zero-order valence-corrected chi connectivity index (χ0v) is 10.2. The van der Waals surface area contributed by atoms with Crippen LogP contribution in [0.25, 0.3) is 4.13 Å². The summed E-state index contributed by atoms with van der Waals surface area (Å²) in [5, 5.41) is 0. The second kappa shape index (κ2) is 4.89. The molecule has 0 aromatic heterocycles. The van der Waals surface area contributed by atoms with Gasteiger partial charge in [0.1, 0.15) is 0 Å². The van der Waals surface area contributed by atoms with Crippen molar-refractivity contribution in [1.29, 1.82) is 0 Å². The Balaban J connectivity index is 0. The molecule has 95 valence electrons. The molecule has 0 aromatic carbocycles. The second-order valence-corrected chi connectivity index (χ2v) is 5.34. The molecule has 0 saturated heterocycles. The maximum atomic E-state index is 11.4. The van der Waals surface area contributed by atoms with Crippen LogP contribution in [0.5, 0.6) is 0 Å².